The molecule has 0 bridgehead atoms. The lowest BCUT2D eigenvalue weighted by molar-refractivity contribution is -0.265. The van der Waals surface area contributed by atoms with E-state index < -0.39 is 75.4 Å². The number of anilines is 1. The molecule has 262 valence electrons. The van der Waals surface area contributed by atoms with Crippen LogP contribution in [-0.4, -0.2) is 73.2 Å². The molecule has 1 aromatic rings. The molecule has 11 heteroatoms. The van der Waals surface area contributed by atoms with Crippen molar-refractivity contribution in [3.05, 3.63) is 22.8 Å². The van der Waals surface area contributed by atoms with E-state index in [1.165, 1.54) is 0 Å². The normalized spacial score (nSPS) is 34.5. The molecule has 4 rings (SSSR count). The van der Waals surface area contributed by atoms with Crippen molar-refractivity contribution in [1.82, 2.24) is 5.32 Å². The number of carbonyl (C=O) groups excluding carboxylic acids is 4. The van der Waals surface area contributed by atoms with Crippen molar-refractivity contribution in [2.75, 3.05) is 5.32 Å². The number of rotatable bonds is 7. The van der Waals surface area contributed by atoms with Crippen LogP contribution in [0.4, 0.5) is 5.69 Å². The van der Waals surface area contributed by atoms with Gasteiger partial charge in [0.05, 0.1) is 23.3 Å². The van der Waals surface area contributed by atoms with E-state index >= 15 is 0 Å². The molecule has 0 radical (unpaired) electrons. The number of carbonyl (C=O) groups is 4. The molecule has 2 saturated carbocycles. The summed E-state index contributed by atoms with van der Waals surface area (Å²) in [5.74, 6) is -8.05. The van der Waals surface area contributed by atoms with Crippen LogP contribution >= 0.6 is 0 Å². The molecule has 0 aliphatic heterocycles. The van der Waals surface area contributed by atoms with Crippen LogP contribution < -0.4 is 16.4 Å². The number of hydrogen-bond acceptors (Lipinski definition) is 9. The Morgan fingerprint density at radius 2 is 1.62 bits per heavy atom. The zero-order valence-corrected chi connectivity index (χ0v) is 29.7. The smallest absolute Gasteiger partial charge is 0.243 e. The molecule has 47 heavy (non-hydrogen) atoms. The van der Waals surface area contributed by atoms with Crippen LogP contribution in [0.15, 0.2) is 6.07 Å². The van der Waals surface area contributed by atoms with Gasteiger partial charge in [0.25, 0.3) is 0 Å². The van der Waals surface area contributed by atoms with E-state index in [0.717, 1.165) is 5.56 Å². The topological polar surface area (TPSA) is 199 Å². The van der Waals surface area contributed by atoms with Gasteiger partial charge in [-0.25, -0.2) is 0 Å². The monoisotopic (exact) mass is 657 g/mol. The standard InChI is InChI=1S/C36H55N3O8/c1-15(2)18-12-20(38-25(17(5)6)32(46)39-33(7,8)9)26(40)21-19(18)13-34(10)14-35(11)23(16(3)4)28(42)22(31(37)45)29(43)36(35,47)30(44)24(34)27(21)41/h12,15-17,22-25,28,30,38,40,42,44,47H,13-14H2,1-11H3,(H2,37,45)(H,39,46)/t22-,23+,24-,25?,28?,30?,34-,35-,36+/m1/s1. The van der Waals surface area contributed by atoms with Gasteiger partial charge in [-0.3, -0.25) is 19.2 Å². The summed E-state index contributed by atoms with van der Waals surface area (Å²) in [6, 6.07) is 1.02. The summed E-state index contributed by atoms with van der Waals surface area (Å²) in [7, 11) is 0. The SMILES string of the molecule is CC(C)c1cc(NC(C(=O)NC(C)(C)C)C(C)C)c(O)c2c1C[C@]1(C)C[C@]3(C)[C@@H](C(C)C)C(O)[C@@H](C(N)=O)C(=O)[C@]3(O)C(O)[C@H]1C2=O. The molecule has 2 amide bonds. The molecule has 11 nitrogen and oxygen atoms in total. The molecule has 3 aliphatic rings. The second kappa shape index (κ2) is 11.8. The first kappa shape index (κ1) is 36.8. The molecule has 1 aromatic carbocycles. The minimum Gasteiger partial charge on any atom is -0.505 e. The van der Waals surface area contributed by atoms with E-state index in [1.54, 1.807) is 13.0 Å². The van der Waals surface area contributed by atoms with E-state index in [9.17, 15) is 39.6 Å². The predicted molar refractivity (Wildman–Crippen MR) is 178 cm³/mol. The van der Waals surface area contributed by atoms with Crippen molar-refractivity contribution in [3.63, 3.8) is 0 Å². The van der Waals surface area contributed by atoms with Crippen LogP contribution in [0.25, 0.3) is 0 Å². The van der Waals surface area contributed by atoms with Crippen LogP contribution in [-0.2, 0) is 20.8 Å². The number of nitrogens with one attached hydrogen (secondary N) is 2. The van der Waals surface area contributed by atoms with E-state index in [0.29, 0.717) is 5.56 Å². The Hall–Kier alpha value is -3.02. The zero-order valence-electron chi connectivity index (χ0n) is 29.7. The fourth-order valence-corrected chi connectivity index (χ4v) is 9.40. The van der Waals surface area contributed by atoms with Crippen molar-refractivity contribution in [1.29, 1.82) is 0 Å². The van der Waals surface area contributed by atoms with Crippen molar-refractivity contribution in [3.8, 4) is 5.75 Å². The lowest BCUT2D eigenvalue weighted by atomic mass is 9.39. The number of fused-ring (bicyclic) bond motifs is 3. The van der Waals surface area contributed by atoms with Gasteiger partial charge < -0.3 is 36.8 Å². The fourth-order valence-electron chi connectivity index (χ4n) is 9.40. The lowest BCUT2D eigenvalue weighted by Gasteiger charge is -2.66. The first-order valence-electron chi connectivity index (χ1n) is 16.8. The number of Topliss-reactive ketones (excluding diaryl/α,β-unsaturated/α-hetero) is 2. The van der Waals surface area contributed by atoms with Gasteiger partial charge in [0, 0.05) is 11.0 Å². The molecule has 0 heterocycles. The van der Waals surface area contributed by atoms with Gasteiger partial charge in [-0.1, -0.05) is 55.4 Å². The van der Waals surface area contributed by atoms with Crippen LogP contribution in [0.1, 0.15) is 110 Å². The van der Waals surface area contributed by atoms with Gasteiger partial charge >= 0.3 is 0 Å². The van der Waals surface area contributed by atoms with E-state index in [1.807, 2.05) is 69.2 Å². The molecule has 0 saturated heterocycles. The Balaban J connectivity index is 1.92. The number of hydrogen-bond donors (Lipinski definition) is 7. The Bertz CT molecular complexity index is 1480. The first-order chi connectivity index (χ1) is 21.4. The number of nitrogens with two attached hydrogens (primary N) is 1. The van der Waals surface area contributed by atoms with E-state index in [2.05, 4.69) is 10.6 Å². The maximum Gasteiger partial charge on any atom is 0.243 e. The maximum atomic E-state index is 14.7. The molecule has 0 aromatic heterocycles. The third-order valence-corrected chi connectivity index (χ3v) is 11.2. The van der Waals surface area contributed by atoms with Gasteiger partial charge in [-0.15, -0.1) is 0 Å². The quantitative estimate of drug-likeness (QED) is 0.170. The number of primary amides is 1. The number of aliphatic hydroxyl groups excluding tert-OH is 2. The Morgan fingerprint density at radius 3 is 2.09 bits per heavy atom. The molecule has 9 atom stereocenters. The van der Waals surface area contributed by atoms with Crippen LogP contribution in [0.3, 0.4) is 0 Å². The minimum atomic E-state index is -2.58. The fraction of sp³-hybridized carbons (Fsp3) is 0.722. The summed E-state index contributed by atoms with van der Waals surface area (Å²) in [4.78, 5) is 54.5. The van der Waals surface area contributed by atoms with Crippen LogP contribution in [0.2, 0.25) is 0 Å². The van der Waals surface area contributed by atoms with Crippen molar-refractivity contribution >= 4 is 29.1 Å². The summed E-state index contributed by atoms with van der Waals surface area (Å²) in [5, 5.41) is 53.8. The van der Waals surface area contributed by atoms with Crippen molar-refractivity contribution in [2.45, 2.75) is 124 Å². The number of ketones is 2. The van der Waals surface area contributed by atoms with Crippen LogP contribution in [0, 0.1) is 40.4 Å². The largest absolute Gasteiger partial charge is 0.505 e. The van der Waals surface area contributed by atoms with Crippen molar-refractivity contribution in [2.24, 2.45) is 46.2 Å². The first-order valence-corrected chi connectivity index (χ1v) is 16.8. The second-order valence-electron chi connectivity index (χ2n) is 17.0. The highest BCUT2D eigenvalue weighted by Crippen LogP contribution is 2.66. The van der Waals surface area contributed by atoms with Crippen molar-refractivity contribution < 1.29 is 39.6 Å². The van der Waals surface area contributed by atoms with E-state index in [4.69, 9.17) is 5.73 Å². The summed E-state index contributed by atoms with van der Waals surface area (Å²) in [6.45, 7) is 20.4. The number of phenolic OH excluding ortho intramolecular Hbond substituents is 1. The number of amides is 2. The number of aromatic hydroxyl groups is 1. The number of aliphatic hydroxyl groups is 3. The lowest BCUT2D eigenvalue weighted by Crippen LogP contribution is -2.79. The highest BCUT2D eigenvalue weighted by atomic mass is 16.4. The molecular formula is C36H55N3O8. The highest BCUT2D eigenvalue weighted by Gasteiger charge is 2.76. The Morgan fingerprint density at radius 1 is 1.04 bits per heavy atom. The van der Waals surface area contributed by atoms with Gasteiger partial charge in [-0.05, 0) is 79.9 Å². The summed E-state index contributed by atoms with van der Waals surface area (Å²) < 4.78 is 0. The predicted octanol–water partition coefficient (Wildman–Crippen LogP) is 3.05. The number of phenols is 1. The van der Waals surface area contributed by atoms with Crippen LogP contribution in [0.5, 0.6) is 5.75 Å². The Labute approximate surface area is 278 Å². The Kier molecular flexibility index (Phi) is 9.27. The maximum absolute atomic E-state index is 14.7. The number of benzene rings is 1. The third kappa shape index (κ3) is 5.56. The minimum absolute atomic E-state index is 0.0266. The van der Waals surface area contributed by atoms with Gasteiger partial charge in [0.2, 0.25) is 11.8 Å². The third-order valence-electron chi connectivity index (χ3n) is 11.2. The highest BCUT2D eigenvalue weighted by molar-refractivity contribution is 6.10. The molecule has 0 spiro atoms. The molecular weight excluding hydrogens is 602 g/mol. The average molecular weight is 658 g/mol. The summed E-state index contributed by atoms with van der Waals surface area (Å²) in [6.07, 6.45) is -3.15. The summed E-state index contributed by atoms with van der Waals surface area (Å²) in [5.41, 5.74) is 1.59. The zero-order chi connectivity index (χ0) is 35.9. The summed E-state index contributed by atoms with van der Waals surface area (Å²) >= 11 is 0. The molecule has 2 fully saturated rings. The molecule has 3 unspecified atom stereocenters. The second-order valence-corrected chi connectivity index (χ2v) is 17.0. The average Bonchev–Trinajstić information content (AvgIpc) is 2.88. The van der Waals surface area contributed by atoms with Gasteiger partial charge in [0.1, 0.15) is 23.8 Å². The van der Waals surface area contributed by atoms with Gasteiger partial charge in [-0.2, -0.15) is 0 Å². The molecule has 3 aliphatic carbocycles. The molecule has 8 N–H and O–H groups in total. The van der Waals surface area contributed by atoms with Gasteiger partial charge in [0.15, 0.2) is 17.2 Å². The van der Waals surface area contributed by atoms with E-state index in [-0.39, 0.29) is 53.5 Å².